The Balaban J connectivity index is 2.10. The van der Waals surface area contributed by atoms with Crippen LogP contribution >= 0.6 is 0 Å². The zero-order valence-corrected chi connectivity index (χ0v) is 6.68. The summed E-state index contributed by atoms with van der Waals surface area (Å²) >= 11 is 0. The highest BCUT2D eigenvalue weighted by molar-refractivity contribution is 5.65. The van der Waals surface area contributed by atoms with Crippen LogP contribution in [0.3, 0.4) is 0 Å². The van der Waals surface area contributed by atoms with Crippen molar-refractivity contribution in [3.05, 3.63) is 48.1 Å². The van der Waals surface area contributed by atoms with Gasteiger partial charge in [0, 0.05) is 11.8 Å². The lowest BCUT2D eigenvalue weighted by molar-refractivity contribution is -0.104. The van der Waals surface area contributed by atoms with E-state index in [-0.39, 0.29) is 0 Å². The number of rotatable bonds is 2. The fraction of sp³-hybridized carbons (Fsp3) is 0.182. The molecule has 0 aromatic rings. The molecule has 0 aromatic carbocycles. The molecule has 0 amide bonds. The normalized spacial score (nSPS) is 34.2. The van der Waals surface area contributed by atoms with Gasteiger partial charge in [0.15, 0.2) is 0 Å². The van der Waals surface area contributed by atoms with Gasteiger partial charge in [0.1, 0.15) is 6.29 Å². The summed E-state index contributed by atoms with van der Waals surface area (Å²) in [7, 11) is 0. The SMILES string of the molecule is O=C/C=C/C=C1/C=C[C@@H]2C=C[C@H]12. The van der Waals surface area contributed by atoms with Crippen molar-refractivity contribution in [2.24, 2.45) is 11.8 Å². The van der Waals surface area contributed by atoms with Gasteiger partial charge in [-0.1, -0.05) is 36.5 Å². The number of carbonyl (C=O) groups is 1. The Bertz CT molecular complexity index is 305. The first-order chi connectivity index (χ1) is 5.92. The summed E-state index contributed by atoms with van der Waals surface area (Å²) in [6.07, 6.45) is 14.8. The van der Waals surface area contributed by atoms with Crippen LogP contribution in [0.1, 0.15) is 0 Å². The number of aldehydes is 1. The fourth-order valence-corrected chi connectivity index (χ4v) is 1.58. The average Bonchev–Trinajstić information content (AvgIpc) is 2.27. The van der Waals surface area contributed by atoms with Crippen molar-refractivity contribution in [2.45, 2.75) is 0 Å². The predicted molar refractivity (Wildman–Crippen MR) is 48.5 cm³/mol. The molecule has 12 heavy (non-hydrogen) atoms. The van der Waals surface area contributed by atoms with Crippen molar-refractivity contribution in [1.82, 2.24) is 0 Å². The maximum atomic E-state index is 9.99. The summed E-state index contributed by atoms with van der Waals surface area (Å²) in [5.41, 5.74) is 1.31. The van der Waals surface area contributed by atoms with Gasteiger partial charge in [0.05, 0.1) is 0 Å². The standard InChI is InChI=1S/C11H10O/c12-8-2-1-3-9-4-5-10-6-7-11(9)10/h1-8,10-11H/b2-1+,9-3-/t10-,11-/m1/s1. The Hall–Kier alpha value is -1.37. The van der Waals surface area contributed by atoms with Gasteiger partial charge < -0.3 is 0 Å². The van der Waals surface area contributed by atoms with E-state index in [0.29, 0.717) is 11.8 Å². The minimum Gasteiger partial charge on any atom is -0.299 e. The first kappa shape index (κ1) is 7.29. The Morgan fingerprint density at radius 1 is 1.17 bits per heavy atom. The van der Waals surface area contributed by atoms with Gasteiger partial charge in [-0.15, -0.1) is 0 Å². The molecule has 0 N–H and O–H groups in total. The maximum absolute atomic E-state index is 9.99. The van der Waals surface area contributed by atoms with Crippen molar-refractivity contribution in [3.8, 4) is 0 Å². The summed E-state index contributed by atoms with van der Waals surface area (Å²) in [4.78, 5) is 9.99. The van der Waals surface area contributed by atoms with E-state index in [1.165, 1.54) is 11.6 Å². The molecule has 0 aliphatic heterocycles. The van der Waals surface area contributed by atoms with Gasteiger partial charge in [-0.2, -0.15) is 0 Å². The molecule has 0 radical (unpaired) electrons. The third-order valence-corrected chi connectivity index (χ3v) is 2.33. The average molecular weight is 158 g/mol. The van der Waals surface area contributed by atoms with E-state index >= 15 is 0 Å². The van der Waals surface area contributed by atoms with Crippen LogP contribution in [0.4, 0.5) is 0 Å². The molecule has 0 spiro atoms. The van der Waals surface area contributed by atoms with Crippen molar-refractivity contribution in [1.29, 1.82) is 0 Å². The van der Waals surface area contributed by atoms with E-state index in [4.69, 9.17) is 0 Å². The Morgan fingerprint density at radius 2 is 2.08 bits per heavy atom. The molecule has 0 fully saturated rings. The number of carbonyl (C=O) groups excluding carboxylic acids is 1. The minimum atomic E-state index is 0.585. The second-order valence-electron chi connectivity index (χ2n) is 3.03. The van der Waals surface area contributed by atoms with Gasteiger partial charge in [0.2, 0.25) is 0 Å². The lowest BCUT2D eigenvalue weighted by atomic mass is 9.82. The highest BCUT2D eigenvalue weighted by Gasteiger charge is 2.27. The van der Waals surface area contributed by atoms with E-state index in [0.717, 1.165) is 6.29 Å². The maximum Gasteiger partial charge on any atom is 0.142 e. The van der Waals surface area contributed by atoms with Gasteiger partial charge in [-0.05, 0) is 11.6 Å². The monoisotopic (exact) mass is 158 g/mol. The minimum absolute atomic E-state index is 0.585. The molecule has 1 nitrogen and oxygen atoms in total. The van der Waals surface area contributed by atoms with E-state index < -0.39 is 0 Å². The van der Waals surface area contributed by atoms with Crippen LogP contribution in [0.2, 0.25) is 0 Å². The highest BCUT2D eigenvalue weighted by atomic mass is 16.1. The number of hydrogen-bond donors (Lipinski definition) is 0. The molecule has 0 saturated heterocycles. The zero-order valence-electron chi connectivity index (χ0n) is 6.68. The highest BCUT2D eigenvalue weighted by Crippen LogP contribution is 2.38. The van der Waals surface area contributed by atoms with Gasteiger partial charge in [-0.25, -0.2) is 0 Å². The van der Waals surface area contributed by atoms with Crippen molar-refractivity contribution >= 4 is 6.29 Å². The first-order valence-corrected chi connectivity index (χ1v) is 4.10. The number of fused-ring (bicyclic) bond motifs is 1. The predicted octanol–water partition coefficient (Wildman–Crippen LogP) is 2.04. The van der Waals surface area contributed by atoms with Gasteiger partial charge >= 0.3 is 0 Å². The molecular formula is C11H10O. The molecule has 2 rings (SSSR count). The van der Waals surface area contributed by atoms with Crippen LogP contribution in [-0.4, -0.2) is 6.29 Å². The Morgan fingerprint density at radius 3 is 2.67 bits per heavy atom. The topological polar surface area (TPSA) is 17.1 Å². The van der Waals surface area contributed by atoms with Crippen LogP contribution in [0, 0.1) is 11.8 Å². The van der Waals surface area contributed by atoms with Crippen LogP contribution in [0.5, 0.6) is 0 Å². The lowest BCUT2D eigenvalue weighted by Crippen LogP contribution is -2.12. The second-order valence-corrected chi connectivity index (χ2v) is 3.03. The Kier molecular flexibility index (Phi) is 1.78. The molecule has 2 aliphatic carbocycles. The molecule has 2 atom stereocenters. The van der Waals surface area contributed by atoms with E-state index in [1.54, 1.807) is 6.08 Å². The summed E-state index contributed by atoms with van der Waals surface area (Å²) in [5.74, 6) is 1.21. The third kappa shape index (κ3) is 1.07. The second kappa shape index (κ2) is 2.94. The van der Waals surface area contributed by atoms with Gasteiger partial charge in [-0.3, -0.25) is 4.79 Å². The Labute approximate surface area is 71.8 Å². The molecule has 60 valence electrons. The molecular weight excluding hydrogens is 148 g/mol. The quantitative estimate of drug-likeness (QED) is 0.341. The third-order valence-electron chi connectivity index (χ3n) is 2.33. The summed E-state index contributed by atoms with van der Waals surface area (Å²) in [6, 6.07) is 0. The molecule has 0 aromatic heterocycles. The van der Waals surface area contributed by atoms with Crippen LogP contribution in [0.15, 0.2) is 48.1 Å². The van der Waals surface area contributed by atoms with Crippen LogP contribution in [-0.2, 0) is 4.79 Å². The summed E-state index contributed by atoms with van der Waals surface area (Å²) in [6.45, 7) is 0. The van der Waals surface area contributed by atoms with Gasteiger partial charge in [0.25, 0.3) is 0 Å². The smallest absolute Gasteiger partial charge is 0.142 e. The molecule has 2 aliphatic rings. The summed E-state index contributed by atoms with van der Waals surface area (Å²) in [5, 5.41) is 0. The molecule has 0 unspecified atom stereocenters. The van der Waals surface area contributed by atoms with E-state index in [2.05, 4.69) is 24.3 Å². The van der Waals surface area contributed by atoms with Crippen molar-refractivity contribution < 1.29 is 4.79 Å². The van der Waals surface area contributed by atoms with Crippen LogP contribution < -0.4 is 0 Å². The van der Waals surface area contributed by atoms with E-state index in [1.807, 2.05) is 6.08 Å². The largest absolute Gasteiger partial charge is 0.299 e. The first-order valence-electron chi connectivity index (χ1n) is 4.10. The van der Waals surface area contributed by atoms with E-state index in [9.17, 15) is 4.79 Å². The zero-order chi connectivity index (χ0) is 8.39. The lowest BCUT2D eigenvalue weighted by Gasteiger charge is -2.21. The molecule has 0 heterocycles. The molecule has 1 heteroatoms. The number of hydrogen-bond acceptors (Lipinski definition) is 1. The number of allylic oxidation sites excluding steroid dienone is 8. The molecule has 0 saturated carbocycles. The van der Waals surface area contributed by atoms with Crippen molar-refractivity contribution in [3.63, 3.8) is 0 Å². The fourth-order valence-electron chi connectivity index (χ4n) is 1.58. The van der Waals surface area contributed by atoms with Crippen molar-refractivity contribution in [2.75, 3.05) is 0 Å². The summed E-state index contributed by atoms with van der Waals surface area (Å²) < 4.78 is 0. The van der Waals surface area contributed by atoms with Crippen LogP contribution in [0.25, 0.3) is 0 Å². The molecule has 0 bridgehead atoms.